The van der Waals surface area contributed by atoms with Crippen LogP contribution in [0.1, 0.15) is 23.7 Å². The maximum atomic E-state index is 11.9. The number of carbonyl (C=O) groups excluding carboxylic acids is 2. The lowest BCUT2D eigenvalue weighted by Crippen LogP contribution is -2.40. The average molecular weight is 343 g/mol. The molecule has 0 heterocycles. The number of likely N-dealkylation sites (N-methyl/N-ethyl adjacent to an activating group) is 1. The molecule has 0 fully saturated rings. The fourth-order valence-corrected chi connectivity index (χ4v) is 2.19. The Labute approximate surface area is 127 Å². The number of rotatable bonds is 7. The van der Waals surface area contributed by atoms with Crippen molar-refractivity contribution >= 4 is 27.7 Å². The van der Waals surface area contributed by atoms with Crippen molar-refractivity contribution in [2.75, 3.05) is 26.2 Å². The van der Waals surface area contributed by atoms with Gasteiger partial charge in [-0.1, -0.05) is 12.1 Å². The topological polar surface area (TPSA) is 69.6 Å². The molecule has 5 nitrogen and oxygen atoms in total. The van der Waals surface area contributed by atoms with Gasteiger partial charge in [0.15, 0.2) is 0 Å². The molecule has 20 heavy (non-hydrogen) atoms. The maximum absolute atomic E-state index is 11.9. The Hall–Kier alpha value is -1.40. The first-order valence-corrected chi connectivity index (χ1v) is 7.30. The molecule has 0 aliphatic carbocycles. The van der Waals surface area contributed by atoms with Gasteiger partial charge in [-0.05, 0) is 41.4 Å². The Morgan fingerprint density at radius 2 is 2.05 bits per heavy atom. The van der Waals surface area contributed by atoms with E-state index in [9.17, 15) is 9.59 Å². The second-order valence-corrected chi connectivity index (χ2v) is 5.07. The zero-order chi connectivity index (χ0) is 15.0. The largest absolute Gasteiger partial charge is 0.396 e. The zero-order valence-corrected chi connectivity index (χ0v) is 13.0. The highest BCUT2D eigenvalue weighted by Gasteiger charge is 2.14. The molecule has 1 aromatic carbocycles. The average Bonchev–Trinajstić information content (AvgIpc) is 2.46. The molecule has 0 radical (unpaired) electrons. The molecule has 0 atom stereocenters. The molecule has 1 aromatic rings. The molecular weight excluding hydrogens is 324 g/mol. The monoisotopic (exact) mass is 342 g/mol. The van der Waals surface area contributed by atoms with Crippen molar-refractivity contribution < 1.29 is 14.7 Å². The summed E-state index contributed by atoms with van der Waals surface area (Å²) in [5, 5.41) is 11.4. The number of nitrogens with zero attached hydrogens (tertiary/aromatic N) is 1. The number of aliphatic hydroxyl groups excluding tert-OH is 1. The molecule has 0 aromatic heterocycles. The Kier molecular flexibility index (Phi) is 7.25. The molecule has 110 valence electrons. The van der Waals surface area contributed by atoms with Crippen molar-refractivity contribution in [1.29, 1.82) is 0 Å². The van der Waals surface area contributed by atoms with Crippen molar-refractivity contribution in [2.45, 2.75) is 13.3 Å². The van der Waals surface area contributed by atoms with Crippen LogP contribution in [0.25, 0.3) is 0 Å². The zero-order valence-electron chi connectivity index (χ0n) is 11.4. The van der Waals surface area contributed by atoms with E-state index in [-0.39, 0.29) is 25.0 Å². The lowest BCUT2D eigenvalue weighted by Gasteiger charge is -2.20. The third kappa shape index (κ3) is 4.94. The smallest absolute Gasteiger partial charge is 0.252 e. The van der Waals surface area contributed by atoms with Crippen LogP contribution in [0.5, 0.6) is 0 Å². The van der Waals surface area contributed by atoms with E-state index in [1.807, 2.05) is 13.0 Å². The van der Waals surface area contributed by atoms with E-state index >= 15 is 0 Å². The third-order valence-electron chi connectivity index (χ3n) is 2.84. The number of hydrogen-bond donors (Lipinski definition) is 2. The Bertz CT molecular complexity index is 465. The molecule has 0 saturated carbocycles. The van der Waals surface area contributed by atoms with Gasteiger partial charge in [0.25, 0.3) is 5.91 Å². The molecule has 2 N–H and O–H groups in total. The molecule has 2 amide bonds. The molecule has 1 rings (SSSR count). The minimum atomic E-state index is -0.288. The first-order chi connectivity index (χ1) is 9.60. The fourth-order valence-electron chi connectivity index (χ4n) is 1.73. The normalized spacial score (nSPS) is 10.2. The number of aliphatic hydroxyl groups is 1. The molecule has 0 aliphatic rings. The van der Waals surface area contributed by atoms with Crippen LogP contribution < -0.4 is 5.32 Å². The first-order valence-electron chi connectivity index (χ1n) is 6.51. The molecule has 0 saturated heterocycles. The Balaban J connectivity index is 2.52. The van der Waals surface area contributed by atoms with Crippen LogP contribution >= 0.6 is 15.9 Å². The summed E-state index contributed by atoms with van der Waals surface area (Å²) in [7, 11) is 0. The second kappa shape index (κ2) is 8.71. The first kappa shape index (κ1) is 16.7. The molecule has 0 unspecified atom stereocenters. The minimum absolute atomic E-state index is 0.0422. The summed E-state index contributed by atoms with van der Waals surface area (Å²) in [6, 6.07) is 7.05. The van der Waals surface area contributed by atoms with Gasteiger partial charge in [0, 0.05) is 24.2 Å². The maximum Gasteiger partial charge on any atom is 0.252 e. The summed E-state index contributed by atoms with van der Waals surface area (Å²) in [5.74, 6) is -0.439. The van der Waals surface area contributed by atoms with Crippen molar-refractivity contribution in [2.24, 2.45) is 0 Å². The van der Waals surface area contributed by atoms with Gasteiger partial charge in [-0.2, -0.15) is 0 Å². The summed E-state index contributed by atoms with van der Waals surface area (Å²) in [4.78, 5) is 25.5. The van der Waals surface area contributed by atoms with Crippen LogP contribution in [0.2, 0.25) is 0 Å². The van der Waals surface area contributed by atoms with E-state index < -0.39 is 0 Å². The molecule has 0 bridgehead atoms. The molecule has 6 heteroatoms. The van der Waals surface area contributed by atoms with E-state index in [2.05, 4.69) is 21.2 Å². The number of benzene rings is 1. The van der Waals surface area contributed by atoms with Crippen LogP contribution in [0, 0.1) is 0 Å². The lowest BCUT2D eigenvalue weighted by molar-refractivity contribution is -0.130. The summed E-state index contributed by atoms with van der Waals surface area (Å²) in [6.07, 6.45) is 0.539. The number of carbonyl (C=O) groups is 2. The van der Waals surface area contributed by atoms with E-state index in [0.29, 0.717) is 29.5 Å². The third-order valence-corrected chi connectivity index (χ3v) is 3.53. The summed E-state index contributed by atoms with van der Waals surface area (Å²) >= 11 is 3.30. The van der Waals surface area contributed by atoms with Gasteiger partial charge < -0.3 is 15.3 Å². The van der Waals surface area contributed by atoms with Gasteiger partial charge >= 0.3 is 0 Å². The van der Waals surface area contributed by atoms with E-state index in [1.54, 1.807) is 23.1 Å². The number of amides is 2. The van der Waals surface area contributed by atoms with Crippen LogP contribution in [0.3, 0.4) is 0 Å². The van der Waals surface area contributed by atoms with Crippen LogP contribution in [-0.2, 0) is 4.79 Å². The molecular formula is C14H19BrN2O3. The van der Waals surface area contributed by atoms with Gasteiger partial charge in [0.2, 0.25) is 5.91 Å². The fraction of sp³-hybridized carbons (Fsp3) is 0.429. The van der Waals surface area contributed by atoms with Crippen molar-refractivity contribution in [3.05, 3.63) is 34.3 Å². The minimum Gasteiger partial charge on any atom is -0.396 e. The second-order valence-electron chi connectivity index (χ2n) is 4.21. The lowest BCUT2D eigenvalue weighted by atomic mass is 10.2. The molecule has 0 aliphatic heterocycles. The summed E-state index contributed by atoms with van der Waals surface area (Å²) in [6.45, 7) is 2.93. The van der Waals surface area contributed by atoms with Gasteiger partial charge in [0.1, 0.15) is 0 Å². The number of hydrogen-bond acceptors (Lipinski definition) is 3. The number of halogens is 1. The highest BCUT2D eigenvalue weighted by molar-refractivity contribution is 9.10. The van der Waals surface area contributed by atoms with Crippen LogP contribution in [-0.4, -0.2) is 48.1 Å². The summed E-state index contributed by atoms with van der Waals surface area (Å²) < 4.78 is 0.692. The van der Waals surface area contributed by atoms with Crippen molar-refractivity contribution in [3.8, 4) is 0 Å². The highest BCUT2D eigenvalue weighted by atomic mass is 79.9. The Morgan fingerprint density at radius 3 is 2.65 bits per heavy atom. The van der Waals surface area contributed by atoms with E-state index in [4.69, 9.17) is 5.11 Å². The van der Waals surface area contributed by atoms with E-state index in [1.165, 1.54) is 0 Å². The highest BCUT2D eigenvalue weighted by Crippen LogP contribution is 2.15. The van der Waals surface area contributed by atoms with Gasteiger partial charge in [-0.25, -0.2) is 0 Å². The quantitative estimate of drug-likeness (QED) is 0.787. The summed E-state index contributed by atoms with van der Waals surface area (Å²) in [5.41, 5.74) is 0.499. The van der Waals surface area contributed by atoms with Gasteiger partial charge in [-0.15, -0.1) is 0 Å². The SMILES string of the molecule is CCN(CCCO)C(=O)CNC(=O)c1ccccc1Br. The van der Waals surface area contributed by atoms with Crippen molar-refractivity contribution in [3.63, 3.8) is 0 Å². The van der Waals surface area contributed by atoms with Crippen LogP contribution in [0.15, 0.2) is 28.7 Å². The van der Waals surface area contributed by atoms with E-state index in [0.717, 1.165) is 0 Å². The van der Waals surface area contributed by atoms with Crippen LogP contribution in [0.4, 0.5) is 0 Å². The van der Waals surface area contributed by atoms with Gasteiger partial charge in [-0.3, -0.25) is 9.59 Å². The predicted molar refractivity (Wildman–Crippen MR) is 80.4 cm³/mol. The predicted octanol–water partition coefficient (Wildman–Crippen LogP) is 1.41. The Morgan fingerprint density at radius 1 is 1.35 bits per heavy atom. The standard InChI is InChI=1S/C14H19BrN2O3/c1-2-17(8-5-9-18)13(19)10-16-14(20)11-6-3-4-7-12(11)15/h3-4,6-7,18H,2,5,8-10H2,1H3,(H,16,20). The number of nitrogens with one attached hydrogen (secondary N) is 1. The molecule has 0 spiro atoms. The van der Waals surface area contributed by atoms with Gasteiger partial charge in [0.05, 0.1) is 12.1 Å². The van der Waals surface area contributed by atoms with Crippen molar-refractivity contribution in [1.82, 2.24) is 10.2 Å².